The van der Waals surface area contributed by atoms with Crippen LogP contribution >= 0.6 is 0 Å². The van der Waals surface area contributed by atoms with E-state index in [0.29, 0.717) is 24.5 Å². The van der Waals surface area contributed by atoms with Crippen LogP contribution < -0.4 is 0 Å². The number of aromatic nitrogens is 2. The molecule has 0 N–H and O–H groups in total. The summed E-state index contributed by atoms with van der Waals surface area (Å²) in [5.41, 5.74) is 3.62. The van der Waals surface area contributed by atoms with Crippen molar-refractivity contribution in [3.8, 4) is 0 Å². The molecular formula is C19H22N2O. The zero-order valence-electron chi connectivity index (χ0n) is 13.5. The summed E-state index contributed by atoms with van der Waals surface area (Å²) >= 11 is 0. The molecule has 0 aliphatic rings. The first-order chi connectivity index (χ1) is 10.6. The smallest absolute Gasteiger partial charge is 0.133 e. The number of hydrogen-bond donors (Lipinski definition) is 0. The minimum Gasteiger partial charge on any atom is -0.344 e. The maximum atomic E-state index is 11.9. The van der Waals surface area contributed by atoms with Gasteiger partial charge < -0.3 is 4.57 Å². The highest BCUT2D eigenvalue weighted by molar-refractivity contribution is 6.07. The second-order valence-corrected chi connectivity index (χ2v) is 6.44. The topological polar surface area (TPSA) is 34.9 Å². The molecule has 114 valence electrons. The van der Waals surface area contributed by atoms with Crippen LogP contribution in [0.2, 0.25) is 0 Å². The molecule has 1 aromatic carbocycles. The Kier molecular flexibility index (Phi) is 3.97. The van der Waals surface area contributed by atoms with Crippen molar-refractivity contribution in [3.63, 3.8) is 0 Å². The maximum absolute atomic E-state index is 11.9. The monoisotopic (exact) mass is 294 g/mol. The molecule has 0 atom stereocenters. The minimum atomic E-state index is 0.358. The van der Waals surface area contributed by atoms with E-state index in [-0.39, 0.29) is 0 Å². The van der Waals surface area contributed by atoms with Crippen LogP contribution in [0, 0.1) is 5.92 Å². The zero-order valence-corrected chi connectivity index (χ0v) is 13.5. The first kappa shape index (κ1) is 14.8. The average molecular weight is 294 g/mol. The van der Waals surface area contributed by atoms with Crippen molar-refractivity contribution in [1.29, 1.82) is 0 Å². The second-order valence-electron chi connectivity index (χ2n) is 6.44. The van der Waals surface area contributed by atoms with E-state index >= 15 is 0 Å². The van der Waals surface area contributed by atoms with Crippen LogP contribution in [0.15, 0.2) is 36.7 Å². The predicted octanol–water partition coefficient (Wildman–Crippen LogP) is 4.27. The summed E-state index contributed by atoms with van der Waals surface area (Å²) in [5, 5.41) is 2.41. The van der Waals surface area contributed by atoms with E-state index in [9.17, 15) is 4.79 Å². The van der Waals surface area contributed by atoms with E-state index in [1.165, 1.54) is 27.4 Å². The van der Waals surface area contributed by atoms with Crippen molar-refractivity contribution >= 4 is 27.6 Å². The Morgan fingerprint density at radius 2 is 2.00 bits per heavy atom. The van der Waals surface area contributed by atoms with Gasteiger partial charge in [-0.15, -0.1) is 0 Å². The third kappa shape index (κ3) is 2.76. The lowest BCUT2D eigenvalue weighted by molar-refractivity contribution is -0.119. The lowest BCUT2D eigenvalue weighted by Crippen LogP contribution is -2.04. The van der Waals surface area contributed by atoms with Crippen molar-refractivity contribution < 1.29 is 4.79 Å². The number of nitrogens with zero attached hydrogens (tertiary/aromatic N) is 2. The Labute approximate surface area is 131 Å². The van der Waals surface area contributed by atoms with Crippen LogP contribution in [0.5, 0.6) is 0 Å². The summed E-state index contributed by atoms with van der Waals surface area (Å²) in [4.78, 5) is 16.1. The Morgan fingerprint density at radius 3 is 2.77 bits per heavy atom. The van der Waals surface area contributed by atoms with Crippen LogP contribution in [0.25, 0.3) is 21.8 Å². The lowest BCUT2D eigenvalue weighted by Gasteiger charge is -2.05. The number of Topliss-reactive ketones (excluding diaryl/α,β-unsaturated/α-hetero) is 1. The van der Waals surface area contributed by atoms with Gasteiger partial charge in [0.25, 0.3) is 0 Å². The van der Waals surface area contributed by atoms with Crippen LogP contribution in [-0.4, -0.2) is 15.3 Å². The van der Waals surface area contributed by atoms with Crippen LogP contribution in [0.1, 0.15) is 32.3 Å². The molecule has 2 heterocycles. The van der Waals surface area contributed by atoms with E-state index in [2.05, 4.69) is 48.6 Å². The molecule has 3 nitrogen and oxygen atoms in total. The zero-order chi connectivity index (χ0) is 15.7. The summed E-state index contributed by atoms with van der Waals surface area (Å²) in [6.45, 7) is 4.18. The summed E-state index contributed by atoms with van der Waals surface area (Å²) in [6, 6.07) is 8.54. The predicted molar refractivity (Wildman–Crippen MR) is 91.0 cm³/mol. The van der Waals surface area contributed by atoms with Gasteiger partial charge in [-0.05, 0) is 30.0 Å². The van der Waals surface area contributed by atoms with E-state index in [4.69, 9.17) is 0 Å². The molecule has 0 aliphatic carbocycles. The summed E-state index contributed by atoms with van der Waals surface area (Å²) in [6.07, 6.45) is 5.88. The fourth-order valence-corrected chi connectivity index (χ4v) is 3.10. The van der Waals surface area contributed by atoms with Gasteiger partial charge in [0.2, 0.25) is 0 Å². The van der Waals surface area contributed by atoms with Crippen molar-refractivity contribution in [2.75, 3.05) is 0 Å². The SMILES string of the molecule is CC(C)CC(=O)CCc1ccc2c3cnccc3n(C)c2c1. The van der Waals surface area contributed by atoms with Gasteiger partial charge in [-0.3, -0.25) is 9.78 Å². The van der Waals surface area contributed by atoms with Crippen LogP contribution in [-0.2, 0) is 18.3 Å². The van der Waals surface area contributed by atoms with Gasteiger partial charge >= 0.3 is 0 Å². The van der Waals surface area contributed by atoms with Crippen molar-refractivity contribution in [2.45, 2.75) is 33.1 Å². The maximum Gasteiger partial charge on any atom is 0.133 e. The van der Waals surface area contributed by atoms with Gasteiger partial charge in [0.05, 0.1) is 5.52 Å². The fourth-order valence-electron chi connectivity index (χ4n) is 3.10. The molecule has 3 rings (SSSR count). The number of fused-ring (bicyclic) bond motifs is 3. The highest BCUT2D eigenvalue weighted by Crippen LogP contribution is 2.28. The third-order valence-corrected chi connectivity index (χ3v) is 4.20. The van der Waals surface area contributed by atoms with Gasteiger partial charge in [0.15, 0.2) is 0 Å². The fraction of sp³-hybridized carbons (Fsp3) is 0.368. The highest BCUT2D eigenvalue weighted by atomic mass is 16.1. The van der Waals surface area contributed by atoms with E-state index < -0.39 is 0 Å². The third-order valence-electron chi connectivity index (χ3n) is 4.20. The van der Waals surface area contributed by atoms with E-state index in [1.807, 2.05) is 18.5 Å². The Hall–Kier alpha value is -2.16. The molecule has 0 saturated heterocycles. The molecule has 0 saturated carbocycles. The molecule has 0 unspecified atom stereocenters. The number of carbonyl (C=O) groups is 1. The summed E-state index contributed by atoms with van der Waals surface area (Å²) < 4.78 is 2.20. The minimum absolute atomic E-state index is 0.358. The van der Waals surface area contributed by atoms with E-state index in [1.54, 1.807) is 0 Å². The lowest BCUT2D eigenvalue weighted by atomic mass is 10.0. The number of ketones is 1. The number of aryl methyl sites for hydroxylation is 2. The molecule has 0 fully saturated rings. The van der Waals surface area contributed by atoms with Gasteiger partial charge in [0.1, 0.15) is 5.78 Å². The number of rotatable bonds is 5. The van der Waals surface area contributed by atoms with Crippen molar-refractivity contribution in [3.05, 3.63) is 42.2 Å². The largest absolute Gasteiger partial charge is 0.344 e. The van der Waals surface area contributed by atoms with Gasteiger partial charge in [-0.1, -0.05) is 26.0 Å². The molecule has 0 aliphatic heterocycles. The van der Waals surface area contributed by atoms with Crippen LogP contribution in [0.3, 0.4) is 0 Å². The molecule has 22 heavy (non-hydrogen) atoms. The number of carbonyl (C=O) groups excluding carboxylic acids is 1. The Bertz CT molecular complexity index is 830. The van der Waals surface area contributed by atoms with Gasteiger partial charge in [0, 0.05) is 48.6 Å². The van der Waals surface area contributed by atoms with Crippen LogP contribution in [0.4, 0.5) is 0 Å². The molecule has 2 aromatic heterocycles. The molecule has 3 aromatic rings. The van der Waals surface area contributed by atoms with Crippen molar-refractivity contribution in [1.82, 2.24) is 9.55 Å². The standard InChI is InChI=1S/C19H22N2O/c1-13(2)10-15(22)6-4-14-5-7-16-17-12-20-9-8-18(17)21(3)19(16)11-14/h5,7-9,11-13H,4,6,10H2,1-3H3. The van der Waals surface area contributed by atoms with Gasteiger partial charge in [-0.2, -0.15) is 0 Å². The number of benzene rings is 1. The second kappa shape index (κ2) is 5.91. The number of pyridine rings is 1. The first-order valence-corrected chi connectivity index (χ1v) is 7.89. The quantitative estimate of drug-likeness (QED) is 0.704. The summed E-state index contributed by atoms with van der Waals surface area (Å²) in [5.74, 6) is 0.803. The Morgan fingerprint density at radius 1 is 1.18 bits per heavy atom. The molecule has 0 bridgehead atoms. The average Bonchev–Trinajstić information content (AvgIpc) is 2.78. The van der Waals surface area contributed by atoms with Crippen molar-refractivity contribution in [2.24, 2.45) is 13.0 Å². The first-order valence-electron chi connectivity index (χ1n) is 7.89. The normalized spacial score (nSPS) is 11.6. The van der Waals surface area contributed by atoms with E-state index in [0.717, 1.165) is 6.42 Å². The molecular weight excluding hydrogens is 272 g/mol. The molecule has 0 spiro atoms. The molecule has 0 amide bonds. The highest BCUT2D eigenvalue weighted by Gasteiger charge is 2.10. The summed E-state index contributed by atoms with van der Waals surface area (Å²) in [7, 11) is 2.08. The molecule has 3 heteroatoms. The number of hydrogen-bond acceptors (Lipinski definition) is 2. The Balaban J connectivity index is 1.88. The van der Waals surface area contributed by atoms with Gasteiger partial charge in [-0.25, -0.2) is 0 Å². The molecule has 0 radical (unpaired) electrons.